The van der Waals surface area contributed by atoms with Crippen LogP contribution in [0.1, 0.15) is 35.3 Å². The molecule has 26 heavy (non-hydrogen) atoms. The van der Waals surface area contributed by atoms with Crippen molar-refractivity contribution in [2.24, 2.45) is 5.92 Å². The summed E-state index contributed by atoms with van der Waals surface area (Å²) in [5.41, 5.74) is 2.85. The van der Waals surface area contributed by atoms with Gasteiger partial charge in [-0.3, -0.25) is 9.59 Å². The van der Waals surface area contributed by atoms with Gasteiger partial charge in [-0.05, 0) is 13.0 Å². The van der Waals surface area contributed by atoms with Crippen LogP contribution in [0.15, 0.2) is 60.8 Å². The predicted octanol–water partition coefficient (Wildman–Crippen LogP) is 2.59. The molecule has 1 fully saturated rings. The van der Waals surface area contributed by atoms with Crippen molar-refractivity contribution in [2.75, 3.05) is 13.1 Å². The molecule has 2 aromatic carbocycles. The van der Waals surface area contributed by atoms with Crippen molar-refractivity contribution in [3.63, 3.8) is 0 Å². The standard InChI is InChI=1S/C22H22N2O2/c1-15-20(25)11-12-24(22(15)16-7-3-2-4-8-16)14-21(26)18-13-23-19-10-6-5-9-17(18)19/h2-10,13,15,22-23H,11-12,14H2,1H3/p+1/t15-,22+/m1/s1. The number of Topliss-reactive ketones (excluding diaryl/α,β-unsaturated/α-hetero) is 2. The van der Waals surface area contributed by atoms with E-state index in [1.165, 1.54) is 4.90 Å². The van der Waals surface area contributed by atoms with Crippen LogP contribution in [-0.2, 0) is 4.79 Å². The molecule has 0 radical (unpaired) electrons. The SMILES string of the molecule is C[C@@H]1C(=O)CC[NH+](CC(=O)c2c[nH]c3ccccc23)[C@@H]1c1ccccc1. The minimum absolute atomic E-state index is 0.0339. The number of piperidine rings is 1. The highest BCUT2D eigenvalue weighted by Gasteiger charge is 2.39. The number of fused-ring (bicyclic) bond motifs is 1. The number of quaternary nitrogens is 1. The number of hydrogen-bond donors (Lipinski definition) is 2. The van der Waals surface area contributed by atoms with Gasteiger partial charge in [0.25, 0.3) is 0 Å². The molecule has 2 heterocycles. The van der Waals surface area contributed by atoms with Crippen LogP contribution in [0.4, 0.5) is 0 Å². The average molecular weight is 347 g/mol. The summed E-state index contributed by atoms with van der Waals surface area (Å²) in [6.07, 6.45) is 2.35. The summed E-state index contributed by atoms with van der Waals surface area (Å²) >= 11 is 0. The molecule has 0 aliphatic carbocycles. The first-order valence-electron chi connectivity index (χ1n) is 9.16. The molecule has 1 aromatic heterocycles. The van der Waals surface area contributed by atoms with Crippen LogP contribution in [0.3, 0.4) is 0 Å². The van der Waals surface area contributed by atoms with Crippen LogP contribution in [0.25, 0.3) is 10.9 Å². The van der Waals surface area contributed by atoms with Crippen molar-refractivity contribution >= 4 is 22.5 Å². The zero-order valence-corrected chi connectivity index (χ0v) is 14.9. The topological polar surface area (TPSA) is 54.4 Å². The smallest absolute Gasteiger partial charge is 0.219 e. The van der Waals surface area contributed by atoms with E-state index in [9.17, 15) is 9.59 Å². The van der Waals surface area contributed by atoms with Crippen LogP contribution >= 0.6 is 0 Å². The van der Waals surface area contributed by atoms with Gasteiger partial charge in [-0.1, -0.05) is 48.5 Å². The fraction of sp³-hybridized carbons (Fsp3) is 0.273. The predicted molar refractivity (Wildman–Crippen MR) is 101 cm³/mol. The Morgan fingerprint density at radius 2 is 1.85 bits per heavy atom. The number of aromatic amines is 1. The number of benzene rings is 2. The molecule has 0 saturated carbocycles. The number of ketones is 2. The second-order valence-corrected chi connectivity index (χ2v) is 7.15. The number of nitrogens with one attached hydrogen (secondary N) is 2. The Kier molecular flexibility index (Phi) is 4.43. The molecule has 4 nitrogen and oxygen atoms in total. The molecule has 1 aliphatic heterocycles. The maximum Gasteiger partial charge on any atom is 0.219 e. The highest BCUT2D eigenvalue weighted by atomic mass is 16.1. The summed E-state index contributed by atoms with van der Waals surface area (Å²) in [6.45, 7) is 3.10. The van der Waals surface area contributed by atoms with E-state index in [0.29, 0.717) is 25.3 Å². The Morgan fingerprint density at radius 3 is 2.65 bits per heavy atom. The molecular formula is C22H23N2O2+. The number of carbonyl (C=O) groups is 2. The third-order valence-corrected chi connectivity index (χ3v) is 5.58. The molecule has 1 aliphatic rings. The number of carbonyl (C=O) groups excluding carboxylic acids is 2. The quantitative estimate of drug-likeness (QED) is 0.713. The second-order valence-electron chi connectivity index (χ2n) is 7.15. The van der Waals surface area contributed by atoms with Gasteiger partial charge in [0.2, 0.25) is 5.78 Å². The maximum absolute atomic E-state index is 13.0. The lowest BCUT2D eigenvalue weighted by atomic mass is 9.84. The number of hydrogen-bond acceptors (Lipinski definition) is 2. The fourth-order valence-corrected chi connectivity index (χ4v) is 4.19. The van der Waals surface area contributed by atoms with Gasteiger partial charge in [-0.25, -0.2) is 0 Å². The third kappa shape index (κ3) is 2.97. The van der Waals surface area contributed by atoms with E-state index in [-0.39, 0.29) is 17.7 Å². The normalized spacial score (nSPS) is 23.3. The molecule has 132 valence electrons. The van der Waals surface area contributed by atoms with Gasteiger partial charge < -0.3 is 9.88 Å². The van der Waals surface area contributed by atoms with Gasteiger partial charge in [-0.2, -0.15) is 0 Å². The second kappa shape index (κ2) is 6.89. The van der Waals surface area contributed by atoms with Crippen molar-refractivity contribution < 1.29 is 14.5 Å². The molecule has 4 rings (SSSR count). The molecule has 2 N–H and O–H groups in total. The van der Waals surface area contributed by atoms with E-state index in [1.54, 1.807) is 0 Å². The Morgan fingerprint density at radius 1 is 1.12 bits per heavy atom. The van der Waals surface area contributed by atoms with Crippen molar-refractivity contribution in [1.82, 2.24) is 4.98 Å². The van der Waals surface area contributed by atoms with Crippen LogP contribution in [0.5, 0.6) is 0 Å². The third-order valence-electron chi connectivity index (χ3n) is 5.58. The van der Waals surface area contributed by atoms with Gasteiger partial charge >= 0.3 is 0 Å². The summed E-state index contributed by atoms with van der Waals surface area (Å²) in [6, 6.07) is 18.0. The summed E-state index contributed by atoms with van der Waals surface area (Å²) in [5, 5.41) is 0.967. The Bertz CT molecular complexity index is 945. The highest BCUT2D eigenvalue weighted by Crippen LogP contribution is 2.24. The Balaban J connectivity index is 1.63. The van der Waals surface area contributed by atoms with E-state index in [2.05, 4.69) is 17.1 Å². The Labute approximate surface area is 152 Å². The van der Waals surface area contributed by atoms with Gasteiger partial charge in [0.05, 0.1) is 18.9 Å². The maximum atomic E-state index is 13.0. The lowest BCUT2D eigenvalue weighted by Crippen LogP contribution is -3.15. The molecule has 0 amide bonds. The molecule has 3 aromatic rings. The summed E-state index contributed by atoms with van der Waals surface area (Å²) in [4.78, 5) is 29.7. The zero-order chi connectivity index (χ0) is 18.1. The van der Waals surface area contributed by atoms with E-state index >= 15 is 0 Å². The number of likely N-dealkylation sites (tertiary alicyclic amines) is 1. The molecule has 1 saturated heterocycles. The number of para-hydroxylation sites is 1. The minimum Gasteiger partial charge on any atom is -0.360 e. The van der Waals surface area contributed by atoms with E-state index < -0.39 is 0 Å². The lowest BCUT2D eigenvalue weighted by Gasteiger charge is -2.36. The average Bonchev–Trinajstić information content (AvgIpc) is 3.10. The molecule has 0 spiro atoms. The highest BCUT2D eigenvalue weighted by molar-refractivity contribution is 6.08. The zero-order valence-electron chi connectivity index (χ0n) is 14.9. The molecule has 0 bridgehead atoms. The number of rotatable bonds is 4. The largest absolute Gasteiger partial charge is 0.360 e. The summed E-state index contributed by atoms with van der Waals surface area (Å²) in [7, 11) is 0. The summed E-state index contributed by atoms with van der Waals surface area (Å²) < 4.78 is 0. The van der Waals surface area contributed by atoms with Crippen LogP contribution in [-0.4, -0.2) is 29.6 Å². The van der Waals surface area contributed by atoms with Crippen LogP contribution in [0.2, 0.25) is 0 Å². The Hall–Kier alpha value is -2.72. The lowest BCUT2D eigenvalue weighted by molar-refractivity contribution is -0.929. The number of H-pyrrole nitrogens is 1. The molecule has 3 atom stereocenters. The number of aromatic nitrogens is 1. The van der Waals surface area contributed by atoms with E-state index in [1.807, 2.05) is 55.6 Å². The fourth-order valence-electron chi connectivity index (χ4n) is 4.19. The minimum atomic E-state index is -0.0723. The van der Waals surface area contributed by atoms with Crippen LogP contribution < -0.4 is 4.90 Å². The van der Waals surface area contributed by atoms with Gasteiger partial charge in [0.15, 0.2) is 0 Å². The molecule has 4 heteroatoms. The van der Waals surface area contributed by atoms with Crippen molar-refractivity contribution in [3.05, 3.63) is 71.9 Å². The first-order chi connectivity index (χ1) is 12.6. The first-order valence-corrected chi connectivity index (χ1v) is 9.16. The summed E-state index contributed by atoms with van der Waals surface area (Å²) in [5.74, 6) is 0.346. The van der Waals surface area contributed by atoms with Gasteiger partial charge in [0.1, 0.15) is 18.4 Å². The van der Waals surface area contributed by atoms with Gasteiger partial charge in [-0.15, -0.1) is 0 Å². The molecular weight excluding hydrogens is 324 g/mol. The van der Waals surface area contributed by atoms with Crippen LogP contribution in [0, 0.1) is 5.92 Å². The monoisotopic (exact) mass is 347 g/mol. The van der Waals surface area contributed by atoms with Gasteiger partial charge in [0, 0.05) is 28.2 Å². The molecule has 1 unspecified atom stereocenters. The van der Waals surface area contributed by atoms with Crippen molar-refractivity contribution in [2.45, 2.75) is 19.4 Å². The van der Waals surface area contributed by atoms with E-state index in [0.717, 1.165) is 22.0 Å². The van der Waals surface area contributed by atoms with Crippen molar-refractivity contribution in [3.8, 4) is 0 Å². The first kappa shape index (κ1) is 16.7. The van der Waals surface area contributed by atoms with Crippen molar-refractivity contribution in [1.29, 1.82) is 0 Å². The van der Waals surface area contributed by atoms with E-state index in [4.69, 9.17) is 0 Å².